The van der Waals surface area contributed by atoms with Crippen LogP contribution in [0.25, 0.3) is 28.0 Å². The fourth-order valence-electron chi connectivity index (χ4n) is 3.42. The van der Waals surface area contributed by atoms with E-state index in [4.69, 9.17) is 14.2 Å². The van der Waals surface area contributed by atoms with Crippen molar-refractivity contribution in [3.63, 3.8) is 0 Å². The van der Waals surface area contributed by atoms with Crippen LogP contribution >= 0.6 is 0 Å². The van der Waals surface area contributed by atoms with Crippen molar-refractivity contribution < 1.29 is 19.0 Å². The number of pyridine rings is 1. The summed E-state index contributed by atoms with van der Waals surface area (Å²) in [5, 5.41) is 7.17. The van der Waals surface area contributed by atoms with Gasteiger partial charge in [-0.25, -0.2) is 14.8 Å². The number of nitrogens with one attached hydrogen (secondary N) is 1. The summed E-state index contributed by atoms with van der Waals surface area (Å²) in [6.45, 7) is 2.05. The second-order valence-electron chi connectivity index (χ2n) is 6.50. The van der Waals surface area contributed by atoms with Gasteiger partial charge in [0.25, 0.3) is 0 Å². The topological polar surface area (TPSA) is 104 Å². The van der Waals surface area contributed by atoms with Gasteiger partial charge in [0.15, 0.2) is 5.65 Å². The molecular formula is C21H21N5O4. The molecule has 3 aromatic heterocycles. The van der Waals surface area contributed by atoms with Gasteiger partial charge in [-0.3, -0.25) is 9.67 Å². The SMILES string of the molecule is CCc1n[nH]cc1-c1cnc2c(c1)ncn2-c1cc(OC)c(C(=O)OC)c(OC)c1. The zero-order valence-electron chi connectivity index (χ0n) is 17.1. The molecule has 0 saturated heterocycles. The molecule has 4 rings (SSSR count). The van der Waals surface area contributed by atoms with Gasteiger partial charge in [0.05, 0.1) is 32.7 Å². The maximum atomic E-state index is 12.2. The highest BCUT2D eigenvalue weighted by Gasteiger charge is 2.22. The van der Waals surface area contributed by atoms with E-state index < -0.39 is 5.97 Å². The van der Waals surface area contributed by atoms with Crippen LogP contribution in [0.2, 0.25) is 0 Å². The standard InChI is InChI=1S/C21H21N5O4/c1-5-15-14(10-24-25-15)12-6-16-20(22-9-12)26(11-23-16)13-7-17(28-2)19(21(27)30-4)18(8-13)29-3/h6-11H,5H2,1-4H3,(H,24,25). The van der Waals surface area contributed by atoms with Crippen molar-refractivity contribution in [3.05, 3.63) is 48.2 Å². The van der Waals surface area contributed by atoms with E-state index >= 15 is 0 Å². The quantitative estimate of drug-likeness (QED) is 0.490. The van der Waals surface area contributed by atoms with E-state index in [1.165, 1.54) is 21.3 Å². The maximum Gasteiger partial charge on any atom is 0.345 e. The molecule has 154 valence electrons. The molecule has 0 spiro atoms. The van der Waals surface area contributed by atoms with Gasteiger partial charge in [-0.1, -0.05) is 6.92 Å². The number of hydrogen-bond acceptors (Lipinski definition) is 7. The molecule has 0 radical (unpaired) electrons. The minimum absolute atomic E-state index is 0.220. The van der Waals surface area contributed by atoms with Crippen molar-refractivity contribution in [1.82, 2.24) is 24.7 Å². The van der Waals surface area contributed by atoms with Crippen LogP contribution in [0.1, 0.15) is 23.0 Å². The average molecular weight is 407 g/mol. The van der Waals surface area contributed by atoms with Crippen LogP contribution in [0.5, 0.6) is 11.5 Å². The highest BCUT2D eigenvalue weighted by molar-refractivity contribution is 5.96. The summed E-state index contributed by atoms with van der Waals surface area (Å²) in [6, 6.07) is 5.41. The van der Waals surface area contributed by atoms with Gasteiger partial charge in [0, 0.05) is 35.7 Å². The van der Waals surface area contributed by atoms with Crippen LogP contribution in [0.3, 0.4) is 0 Å². The largest absolute Gasteiger partial charge is 0.496 e. The van der Waals surface area contributed by atoms with Crippen LogP contribution in [0.15, 0.2) is 36.9 Å². The molecule has 1 aromatic carbocycles. The lowest BCUT2D eigenvalue weighted by Gasteiger charge is -2.14. The first-order valence-corrected chi connectivity index (χ1v) is 9.32. The Labute approximate surface area is 172 Å². The number of benzene rings is 1. The molecule has 0 saturated carbocycles. The fraction of sp³-hybridized carbons (Fsp3) is 0.238. The zero-order valence-corrected chi connectivity index (χ0v) is 17.1. The number of ether oxygens (including phenoxy) is 3. The van der Waals surface area contributed by atoms with Crippen LogP contribution < -0.4 is 9.47 Å². The Morgan fingerprint density at radius 3 is 2.47 bits per heavy atom. The van der Waals surface area contributed by atoms with E-state index in [9.17, 15) is 4.79 Å². The Morgan fingerprint density at radius 2 is 1.83 bits per heavy atom. The minimum Gasteiger partial charge on any atom is -0.496 e. The first kappa shape index (κ1) is 19.4. The third-order valence-corrected chi connectivity index (χ3v) is 4.91. The van der Waals surface area contributed by atoms with Crippen LogP contribution in [0.4, 0.5) is 0 Å². The predicted octanol–water partition coefficient (Wildman–Crippen LogP) is 3.18. The number of aryl methyl sites for hydroxylation is 1. The summed E-state index contributed by atoms with van der Waals surface area (Å²) in [5.74, 6) is 0.127. The van der Waals surface area contributed by atoms with Gasteiger partial charge in [-0.05, 0) is 12.5 Å². The maximum absolute atomic E-state index is 12.2. The van der Waals surface area contributed by atoms with Gasteiger partial charge in [0.2, 0.25) is 0 Å². The second-order valence-corrected chi connectivity index (χ2v) is 6.50. The Morgan fingerprint density at radius 1 is 1.10 bits per heavy atom. The van der Waals surface area contributed by atoms with Crippen molar-refractivity contribution >= 4 is 17.1 Å². The summed E-state index contributed by atoms with van der Waals surface area (Å²) in [7, 11) is 4.28. The summed E-state index contributed by atoms with van der Waals surface area (Å²) in [5.41, 5.74) is 5.22. The third kappa shape index (κ3) is 3.14. The number of carbonyl (C=O) groups excluding carboxylic acids is 1. The fourth-order valence-corrected chi connectivity index (χ4v) is 3.42. The third-order valence-electron chi connectivity index (χ3n) is 4.91. The van der Waals surface area contributed by atoms with E-state index in [2.05, 4.69) is 27.1 Å². The molecule has 0 unspecified atom stereocenters. The van der Waals surface area contributed by atoms with Crippen molar-refractivity contribution in [2.45, 2.75) is 13.3 Å². The molecule has 30 heavy (non-hydrogen) atoms. The van der Waals surface area contributed by atoms with Gasteiger partial charge < -0.3 is 14.2 Å². The number of nitrogens with zero attached hydrogens (tertiary/aromatic N) is 4. The van der Waals surface area contributed by atoms with E-state index in [0.29, 0.717) is 22.8 Å². The Kier molecular flexibility index (Phi) is 5.09. The number of fused-ring (bicyclic) bond motifs is 1. The molecule has 0 amide bonds. The normalized spacial score (nSPS) is 10.9. The molecule has 4 aromatic rings. The highest BCUT2D eigenvalue weighted by Crippen LogP contribution is 2.34. The lowest BCUT2D eigenvalue weighted by molar-refractivity contribution is 0.0593. The van der Waals surface area contributed by atoms with Crippen molar-refractivity contribution in [1.29, 1.82) is 0 Å². The number of hydrogen-bond donors (Lipinski definition) is 1. The smallest absolute Gasteiger partial charge is 0.345 e. The van der Waals surface area contributed by atoms with Crippen molar-refractivity contribution in [2.24, 2.45) is 0 Å². The minimum atomic E-state index is -0.541. The van der Waals surface area contributed by atoms with Crippen LogP contribution in [-0.4, -0.2) is 52.0 Å². The Bertz CT molecular complexity index is 1200. The van der Waals surface area contributed by atoms with E-state index in [-0.39, 0.29) is 5.56 Å². The van der Waals surface area contributed by atoms with Gasteiger partial charge in [-0.2, -0.15) is 5.10 Å². The first-order chi connectivity index (χ1) is 14.6. The molecule has 0 fully saturated rings. The highest BCUT2D eigenvalue weighted by atomic mass is 16.5. The summed E-state index contributed by atoms with van der Waals surface area (Å²) >= 11 is 0. The van der Waals surface area contributed by atoms with Crippen LogP contribution in [-0.2, 0) is 11.2 Å². The van der Waals surface area contributed by atoms with Gasteiger partial charge in [-0.15, -0.1) is 0 Å². The van der Waals surface area contributed by atoms with Gasteiger partial charge >= 0.3 is 5.97 Å². The summed E-state index contributed by atoms with van der Waals surface area (Å²) in [4.78, 5) is 21.3. The number of aromatic amines is 1. The van der Waals surface area contributed by atoms with E-state index in [1.807, 2.05) is 12.3 Å². The molecule has 0 aliphatic rings. The Hall–Kier alpha value is -3.88. The van der Waals surface area contributed by atoms with Crippen molar-refractivity contribution in [2.75, 3.05) is 21.3 Å². The molecule has 1 N–H and O–H groups in total. The zero-order chi connectivity index (χ0) is 21.3. The average Bonchev–Trinajstić information content (AvgIpc) is 3.43. The molecule has 9 heteroatoms. The predicted molar refractivity (Wildman–Crippen MR) is 110 cm³/mol. The summed E-state index contributed by atoms with van der Waals surface area (Å²) in [6.07, 6.45) is 6.14. The summed E-state index contributed by atoms with van der Waals surface area (Å²) < 4.78 is 17.5. The molecule has 0 aliphatic heterocycles. The lowest BCUT2D eigenvalue weighted by Crippen LogP contribution is -2.08. The molecule has 0 atom stereocenters. The number of aromatic nitrogens is 5. The number of H-pyrrole nitrogens is 1. The molecule has 9 nitrogen and oxygen atoms in total. The number of imidazole rings is 1. The molecular weight excluding hydrogens is 386 g/mol. The number of carbonyl (C=O) groups is 1. The van der Waals surface area contributed by atoms with Gasteiger partial charge in [0.1, 0.15) is 28.9 Å². The van der Waals surface area contributed by atoms with E-state index in [1.54, 1.807) is 29.2 Å². The van der Waals surface area contributed by atoms with Crippen LogP contribution in [0, 0.1) is 0 Å². The second kappa shape index (κ2) is 7.86. The Balaban J connectivity index is 1.83. The van der Waals surface area contributed by atoms with Crippen molar-refractivity contribution in [3.8, 4) is 28.3 Å². The first-order valence-electron chi connectivity index (χ1n) is 9.32. The monoisotopic (exact) mass is 407 g/mol. The molecule has 3 heterocycles. The number of methoxy groups -OCH3 is 3. The molecule has 0 aliphatic carbocycles. The lowest BCUT2D eigenvalue weighted by atomic mass is 10.1. The number of esters is 1. The molecule has 0 bridgehead atoms. The van der Waals surface area contributed by atoms with E-state index in [0.717, 1.165) is 28.8 Å². The number of rotatable bonds is 6.